The van der Waals surface area contributed by atoms with Crippen molar-refractivity contribution in [2.75, 3.05) is 11.5 Å². The lowest BCUT2D eigenvalue weighted by molar-refractivity contribution is -0.122. The van der Waals surface area contributed by atoms with Gasteiger partial charge in [0.2, 0.25) is 0 Å². The van der Waals surface area contributed by atoms with Crippen LogP contribution in [-0.2, 0) is 22.8 Å². The number of nitrogens with one attached hydrogen (secondary N) is 1. The molecule has 1 aliphatic heterocycles. The minimum atomic E-state index is -0.849. The van der Waals surface area contributed by atoms with E-state index in [1.807, 2.05) is 67.6 Å². The van der Waals surface area contributed by atoms with Gasteiger partial charge in [-0.25, -0.2) is 9.69 Å². The van der Waals surface area contributed by atoms with Crippen molar-refractivity contribution in [1.29, 1.82) is 0 Å². The highest BCUT2D eigenvalue weighted by Gasteiger charge is 2.37. The van der Waals surface area contributed by atoms with Crippen molar-refractivity contribution in [2.45, 2.75) is 20.1 Å². The molecular formula is C33H27ClN2O6. The molecule has 4 aromatic carbocycles. The van der Waals surface area contributed by atoms with Crippen molar-refractivity contribution in [1.82, 2.24) is 5.32 Å². The molecule has 1 aliphatic rings. The molecule has 0 radical (unpaired) electrons. The fourth-order valence-corrected chi connectivity index (χ4v) is 4.57. The van der Waals surface area contributed by atoms with E-state index in [4.69, 9.17) is 25.8 Å². The molecule has 1 saturated heterocycles. The van der Waals surface area contributed by atoms with Crippen LogP contribution in [0.4, 0.5) is 10.5 Å². The van der Waals surface area contributed by atoms with E-state index in [1.165, 1.54) is 6.08 Å². The van der Waals surface area contributed by atoms with Crippen LogP contribution in [0.15, 0.2) is 103 Å². The van der Waals surface area contributed by atoms with E-state index in [2.05, 4.69) is 5.32 Å². The Kier molecular flexibility index (Phi) is 8.84. The average Bonchev–Trinajstić information content (AvgIpc) is 2.99. The summed E-state index contributed by atoms with van der Waals surface area (Å²) in [4.78, 5) is 39.8. The molecule has 5 rings (SSSR count). The Labute approximate surface area is 248 Å². The van der Waals surface area contributed by atoms with Gasteiger partial charge in [0.05, 0.1) is 17.3 Å². The van der Waals surface area contributed by atoms with Crippen molar-refractivity contribution in [3.05, 3.63) is 124 Å². The number of ether oxygens (including phenoxy) is 3. The Morgan fingerprint density at radius 3 is 2.02 bits per heavy atom. The SMILES string of the molecule is CCOc1cc(/C=C2\C(=O)NC(=O)N(c3ccc(OCc4ccccc4)cc3)C2=O)cc(Cl)c1OCc1ccccc1. The lowest BCUT2D eigenvalue weighted by atomic mass is 10.1. The molecule has 0 bridgehead atoms. The number of nitrogens with zero attached hydrogens (tertiary/aromatic N) is 1. The monoisotopic (exact) mass is 582 g/mol. The van der Waals surface area contributed by atoms with E-state index in [1.54, 1.807) is 36.4 Å². The first-order chi connectivity index (χ1) is 20.4. The average molecular weight is 583 g/mol. The molecule has 1 fully saturated rings. The van der Waals surface area contributed by atoms with E-state index in [9.17, 15) is 14.4 Å². The molecule has 0 unspecified atom stereocenters. The number of benzene rings is 4. The molecule has 0 aliphatic carbocycles. The van der Waals surface area contributed by atoms with E-state index in [0.717, 1.165) is 16.0 Å². The van der Waals surface area contributed by atoms with Crippen LogP contribution in [0.3, 0.4) is 0 Å². The minimum absolute atomic E-state index is 0.240. The molecule has 0 aromatic heterocycles. The summed E-state index contributed by atoms with van der Waals surface area (Å²) < 4.78 is 17.5. The molecular weight excluding hydrogens is 556 g/mol. The van der Waals surface area contributed by atoms with Crippen LogP contribution >= 0.6 is 11.6 Å². The predicted octanol–water partition coefficient (Wildman–Crippen LogP) is 6.56. The molecule has 42 heavy (non-hydrogen) atoms. The van der Waals surface area contributed by atoms with Crippen LogP contribution in [0.2, 0.25) is 5.02 Å². The van der Waals surface area contributed by atoms with Crippen LogP contribution in [-0.4, -0.2) is 24.5 Å². The van der Waals surface area contributed by atoms with Gasteiger partial charge in [0.1, 0.15) is 24.5 Å². The van der Waals surface area contributed by atoms with Gasteiger partial charge >= 0.3 is 6.03 Å². The fourth-order valence-electron chi connectivity index (χ4n) is 4.29. The zero-order valence-corrected chi connectivity index (χ0v) is 23.5. The molecule has 0 spiro atoms. The number of carbonyl (C=O) groups excluding carboxylic acids is 3. The molecule has 1 heterocycles. The summed E-state index contributed by atoms with van der Waals surface area (Å²) >= 11 is 6.56. The van der Waals surface area contributed by atoms with Gasteiger partial charge in [0, 0.05) is 0 Å². The van der Waals surface area contributed by atoms with Crippen LogP contribution in [0.25, 0.3) is 6.08 Å². The standard InChI is InChI=1S/C33H27ClN2O6/c1-2-40-29-19-24(18-28(34)30(29)42-21-23-11-7-4-8-12-23)17-27-31(37)35-33(39)36(32(27)38)25-13-15-26(16-14-25)41-20-22-9-5-3-6-10-22/h3-19H,2,20-21H2,1H3,(H,35,37,39)/b27-17+. The van der Waals surface area contributed by atoms with E-state index in [-0.39, 0.29) is 22.9 Å². The zero-order valence-electron chi connectivity index (χ0n) is 22.7. The van der Waals surface area contributed by atoms with Gasteiger partial charge in [0.15, 0.2) is 11.5 Å². The first-order valence-corrected chi connectivity index (χ1v) is 13.6. The number of hydrogen-bond acceptors (Lipinski definition) is 6. The second-order valence-corrected chi connectivity index (χ2v) is 9.67. The molecule has 4 amide bonds. The lowest BCUT2D eigenvalue weighted by Gasteiger charge is -2.26. The van der Waals surface area contributed by atoms with Gasteiger partial charge in [-0.2, -0.15) is 0 Å². The summed E-state index contributed by atoms with van der Waals surface area (Å²) in [5.74, 6) is -0.333. The highest BCUT2D eigenvalue weighted by molar-refractivity contribution is 6.39. The molecule has 8 nitrogen and oxygen atoms in total. The largest absolute Gasteiger partial charge is 0.490 e. The third-order valence-electron chi connectivity index (χ3n) is 6.31. The van der Waals surface area contributed by atoms with Gasteiger partial charge in [-0.3, -0.25) is 14.9 Å². The highest BCUT2D eigenvalue weighted by atomic mass is 35.5. The Hall–Kier alpha value is -5.08. The summed E-state index contributed by atoms with van der Waals surface area (Å²) in [5, 5.41) is 2.47. The first-order valence-electron chi connectivity index (χ1n) is 13.2. The summed E-state index contributed by atoms with van der Waals surface area (Å²) in [6.45, 7) is 2.80. The number of anilines is 1. The van der Waals surface area contributed by atoms with Crippen molar-refractivity contribution in [2.24, 2.45) is 0 Å². The number of amides is 4. The zero-order chi connectivity index (χ0) is 29.5. The maximum atomic E-state index is 13.4. The summed E-state index contributed by atoms with van der Waals surface area (Å²) in [6, 6.07) is 28.1. The van der Waals surface area contributed by atoms with Crippen molar-refractivity contribution < 1.29 is 28.6 Å². The van der Waals surface area contributed by atoms with Gasteiger partial charge in [-0.15, -0.1) is 0 Å². The van der Waals surface area contributed by atoms with Gasteiger partial charge in [0.25, 0.3) is 11.8 Å². The lowest BCUT2D eigenvalue weighted by Crippen LogP contribution is -2.54. The van der Waals surface area contributed by atoms with Gasteiger partial charge < -0.3 is 14.2 Å². The normalized spacial score (nSPS) is 14.1. The topological polar surface area (TPSA) is 94.2 Å². The van der Waals surface area contributed by atoms with Crippen LogP contribution in [0, 0.1) is 0 Å². The highest BCUT2D eigenvalue weighted by Crippen LogP contribution is 2.38. The Morgan fingerprint density at radius 2 is 1.40 bits per heavy atom. The smallest absolute Gasteiger partial charge is 0.335 e. The minimum Gasteiger partial charge on any atom is -0.490 e. The van der Waals surface area contributed by atoms with Crippen LogP contribution < -0.4 is 24.4 Å². The van der Waals surface area contributed by atoms with E-state index >= 15 is 0 Å². The fraction of sp³-hybridized carbons (Fsp3) is 0.121. The molecule has 4 aromatic rings. The third-order valence-corrected chi connectivity index (χ3v) is 6.59. The third kappa shape index (κ3) is 6.62. The number of hydrogen-bond donors (Lipinski definition) is 1. The Morgan fingerprint density at radius 1 is 0.786 bits per heavy atom. The molecule has 212 valence electrons. The van der Waals surface area contributed by atoms with Crippen molar-refractivity contribution in [3.8, 4) is 17.2 Å². The van der Waals surface area contributed by atoms with E-state index < -0.39 is 17.8 Å². The number of urea groups is 1. The maximum absolute atomic E-state index is 13.4. The van der Waals surface area contributed by atoms with Crippen LogP contribution in [0.5, 0.6) is 17.2 Å². The number of imide groups is 2. The Balaban J connectivity index is 1.36. The quantitative estimate of drug-likeness (QED) is 0.168. The predicted molar refractivity (Wildman–Crippen MR) is 160 cm³/mol. The number of carbonyl (C=O) groups is 3. The second-order valence-electron chi connectivity index (χ2n) is 9.26. The summed E-state index contributed by atoms with van der Waals surface area (Å²) in [6.07, 6.45) is 1.36. The molecule has 0 atom stereocenters. The first kappa shape index (κ1) is 28.4. The molecule has 0 saturated carbocycles. The van der Waals surface area contributed by atoms with Gasteiger partial charge in [-0.1, -0.05) is 72.3 Å². The van der Waals surface area contributed by atoms with Crippen LogP contribution in [0.1, 0.15) is 23.6 Å². The number of rotatable bonds is 10. The molecule has 9 heteroatoms. The molecule has 1 N–H and O–H groups in total. The summed E-state index contributed by atoms with van der Waals surface area (Å²) in [5.41, 5.74) is 2.42. The van der Waals surface area contributed by atoms with E-state index in [0.29, 0.717) is 36.0 Å². The maximum Gasteiger partial charge on any atom is 0.335 e. The van der Waals surface area contributed by atoms with Crippen molar-refractivity contribution >= 4 is 41.2 Å². The summed E-state index contributed by atoms with van der Waals surface area (Å²) in [7, 11) is 0. The van der Waals surface area contributed by atoms with Gasteiger partial charge in [-0.05, 0) is 66.1 Å². The number of barbiturate groups is 1. The Bertz CT molecular complexity index is 1620. The van der Waals surface area contributed by atoms with Crippen molar-refractivity contribution in [3.63, 3.8) is 0 Å². The number of halogens is 1. The second kappa shape index (κ2) is 13.1.